The number of anilines is 1. The highest BCUT2D eigenvalue weighted by Crippen LogP contribution is 2.41. The Labute approximate surface area is 266 Å². The number of rotatable bonds is 7. The van der Waals surface area contributed by atoms with Crippen LogP contribution in [0.25, 0.3) is 32.9 Å². The third-order valence-electron chi connectivity index (χ3n) is 9.97. The van der Waals surface area contributed by atoms with Gasteiger partial charge in [0.1, 0.15) is 35.2 Å². The van der Waals surface area contributed by atoms with Crippen molar-refractivity contribution in [3.05, 3.63) is 47.7 Å². The van der Waals surface area contributed by atoms with Crippen LogP contribution in [0.5, 0.6) is 11.8 Å². The molecule has 0 spiro atoms. The normalized spacial score (nSPS) is 19.5. The summed E-state index contributed by atoms with van der Waals surface area (Å²) in [5, 5.41) is 17.7. The lowest BCUT2D eigenvalue weighted by molar-refractivity contribution is 0.108. The standard InChI is InChI=1S/C34H39F2N7O3/c1-3-23-26(35)9-8-20-15-22(44)16-24(27(20)23)29-28(36)30-25(17-38-29)31(42-12-4-7-21(18-42)39-32(45)37-2)41-33(40-30)46-19-34-10-5-13-43(34)14-6-11-34/h8-9,15-17,21,44H,3-7,10-14,18-19H2,1-2H3,(H2,37,39,45). The van der Waals surface area contributed by atoms with Crippen LogP contribution < -0.4 is 20.3 Å². The zero-order chi connectivity index (χ0) is 32.0. The minimum Gasteiger partial charge on any atom is -0.508 e. The SMILES string of the molecule is CCc1c(F)ccc2cc(O)cc(-c3ncc4c(N5CCCC(NC(=O)NC)C5)nc(OCC56CCCN5CCC6)nc4c3F)c12. The highest BCUT2D eigenvalue weighted by molar-refractivity contribution is 6.01. The maximum atomic E-state index is 16.9. The summed E-state index contributed by atoms with van der Waals surface area (Å²) < 4.78 is 38.2. The van der Waals surface area contributed by atoms with Gasteiger partial charge in [-0.25, -0.2) is 13.6 Å². The number of aromatic hydroxyl groups is 1. The van der Waals surface area contributed by atoms with Crippen molar-refractivity contribution in [3.8, 4) is 23.0 Å². The van der Waals surface area contributed by atoms with E-state index in [4.69, 9.17) is 9.72 Å². The van der Waals surface area contributed by atoms with Crippen LogP contribution in [0.4, 0.5) is 19.4 Å². The molecule has 2 aromatic heterocycles. The quantitative estimate of drug-likeness (QED) is 0.252. The molecular weight excluding hydrogens is 592 g/mol. The monoisotopic (exact) mass is 631 g/mol. The summed E-state index contributed by atoms with van der Waals surface area (Å²) in [6.07, 6.45) is 7.81. The molecule has 5 heterocycles. The molecule has 7 rings (SSSR count). The van der Waals surface area contributed by atoms with Crippen LogP contribution >= 0.6 is 0 Å². The molecule has 3 N–H and O–H groups in total. The van der Waals surface area contributed by atoms with E-state index < -0.39 is 11.6 Å². The van der Waals surface area contributed by atoms with E-state index in [9.17, 15) is 14.3 Å². The van der Waals surface area contributed by atoms with Crippen molar-refractivity contribution in [2.75, 3.05) is 44.7 Å². The number of benzene rings is 2. The number of aryl methyl sites for hydroxylation is 1. The minimum atomic E-state index is -0.706. The van der Waals surface area contributed by atoms with Crippen LogP contribution in [-0.2, 0) is 6.42 Å². The van der Waals surface area contributed by atoms with Crippen LogP contribution in [0.3, 0.4) is 0 Å². The number of carbonyl (C=O) groups is 1. The molecule has 3 aliphatic heterocycles. The number of phenolic OH excluding ortho intramolecular Hbond substituents is 1. The number of phenols is 1. The fraction of sp³-hybridized carbons (Fsp3) is 0.471. The summed E-state index contributed by atoms with van der Waals surface area (Å²) in [6, 6.07) is 5.57. The van der Waals surface area contributed by atoms with Crippen molar-refractivity contribution in [2.45, 2.75) is 63.5 Å². The Bertz CT molecular complexity index is 1810. The van der Waals surface area contributed by atoms with E-state index in [-0.39, 0.29) is 46.1 Å². The maximum absolute atomic E-state index is 16.9. The Hall–Kier alpha value is -4.32. The first-order valence-electron chi connectivity index (χ1n) is 16.2. The van der Waals surface area contributed by atoms with Gasteiger partial charge < -0.3 is 25.4 Å². The molecule has 10 nitrogen and oxygen atoms in total. The Morgan fingerprint density at radius 1 is 1.13 bits per heavy atom. The van der Waals surface area contributed by atoms with Crippen LogP contribution in [0.2, 0.25) is 0 Å². The molecule has 3 aliphatic rings. The first kappa shape index (κ1) is 30.3. The number of urea groups is 1. The van der Waals surface area contributed by atoms with Crippen molar-refractivity contribution >= 4 is 33.5 Å². The second kappa shape index (κ2) is 12.1. The average Bonchev–Trinajstić information content (AvgIpc) is 3.64. The molecule has 3 fully saturated rings. The molecule has 0 bridgehead atoms. The second-order valence-corrected chi connectivity index (χ2v) is 12.7. The summed E-state index contributed by atoms with van der Waals surface area (Å²) >= 11 is 0. The third kappa shape index (κ3) is 5.32. The van der Waals surface area contributed by atoms with Crippen LogP contribution in [-0.4, -0.2) is 82.4 Å². The van der Waals surface area contributed by atoms with Gasteiger partial charge in [-0.15, -0.1) is 0 Å². The van der Waals surface area contributed by atoms with Gasteiger partial charge in [-0.3, -0.25) is 9.88 Å². The first-order chi connectivity index (χ1) is 22.3. The van der Waals surface area contributed by atoms with Crippen molar-refractivity contribution in [2.24, 2.45) is 0 Å². The van der Waals surface area contributed by atoms with Gasteiger partial charge in [-0.1, -0.05) is 13.0 Å². The van der Waals surface area contributed by atoms with Gasteiger partial charge in [0.25, 0.3) is 0 Å². The average molecular weight is 632 g/mol. The number of halogens is 2. The predicted octanol–water partition coefficient (Wildman–Crippen LogP) is 5.30. The highest BCUT2D eigenvalue weighted by Gasteiger charge is 2.45. The van der Waals surface area contributed by atoms with E-state index in [1.165, 1.54) is 24.4 Å². The molecule has 3 saturated heterocycles. The summed E-state index contributed by atoms with van der Waals surface area (Å²) in [7, 11) is 1.58. The molecule has 2 amide bonds. The molecular formula is C34H39F2N7O3. The zero-order valence-corrected chi connectivity index (χ0v) is 26.2. The lowest BCUT2D eigenvalue weighted by atomic mass is 9.94. The molecule has 46 heavy (non-hydrogen) atoms. The number of fused-ring (bicyclic) bond motifs is 3. The number of carbonyl (C=O) groups excluding carboxylic acids is 1. The van der Waals surface area contributed by atoms with Crippen molar-refractivity contribution < 1.29 is 23.4 Å². The summed E-state index contributed by atoms with van der Waals surface area (Å²) in [6.45, 7) is 5.45. The number of nitrogens with one attached hydrogen (secondary N) is 2. The topological polar surface area (TPSA) is 116 Å². The lowest BCUT2D eigenvalue weighted by Gasteiger charge is -2.34. The molecule has 242 valence electrons. The van der Waals surface area contributed by atoms with Crippen LogP contribution in [0.1, 0.15) is 51.0 Å². The van der Waals surface area contributed by atoms with Crippen molar-refractivity contribution in [1.82, 2.24) is 30.5 Å². The number of amides is 2. The third-order valence-corrected chi connectivity index (χ3v) is 9.97. The Kier molecular flexibility index (Phi) is 8.00. The smallest absolute Gasteiger partial charge is 0.319 e. The van der Waals surface area contributed by atoms with Gasteiger partial charge in [0.2, 0.25) is 0 Å². The molecule has 4 aromatic rings. The summed E-state index contributed by atoms with van der Waals surface area (Å²) in [5.74, 6) is -0.706. The van der Waals surface area contributed by atoms with E-state index in [1.54, 1.807) is 13.1 Å². The number of hydrogen-bond donors (Lipinski definition) is 3. The molecule has 0 saturated carbocycles. The highest BCUT2D eigenvalue weighted by atomic mass is 19.1. The molecule has 12 heteroatoms. The number of hydrogen-bond acceptors (Lipinski definition) is 8. The molecule has 0 radical (unpaired) electrons. The first-order valence-corrected chi connectivity index (χ1v) is 16.2. The van der Waals surface area contributed by atoms with Gasteiger partial charge in [-0.2, -0.15) is 9.97 Å². The van der Waals surface area contributed by atoms with Gasteiger partial charge in [0, 0.05) is 37.9 Å². The van der Waals surface area contributed by atoms with E-state index in [1.807, 2.05) is 11.8 Å². The van der Waals surface area contributed by atoms with Gasteiger partial charge in [0.05, 0.1) is 10.9 Å². The van der Waals surface area contributed by atoms with Crippen molar-refractivity contribution in [1.29, 1.82) is 0 Å². The van der Waals surface area contributed by atoms with E-state index in [0.717, 1.165) is 51.6 Å². The number of aromatic nitrogens is 3. The predicted molar refractivity (Wildman–Crippen MR) is 172 cm³/mol. The Morgan fingerprint density at radius 3 is 2.70 bits per heavy atom. The summed E-state index contributed by atoms with van der Waals surface area (Å²) in [4.78, 5) is 30.6. The fourth-order valence-corrected chi connectivity index (χ4v) is 7.75. The largest absolute Gasteiger partial charge is 0.508 e. The summed E-state index contributed by atoms with van der Waals surface area (Å²) in [5.41, 5.74) is 0.631. The van der Waals surface area contributed by atoms with E-state index >= 15 is 4.39 Å². The maximum Gasteiger partial charge on any atom is 0.319 e. The second-order valence-electron chi connectivity index (χ2n) is 12.7. The molecule has 1 unspecified atom stereocenters. The molecule has 2 aromatic carbocycles. The van der Waals surface area contributed by atoms with Gasteiger partial charge >= 0.3 is 12.0 Å². The molecule has 1 atom stereocenters. The molecule has 0 aliphatic carbocycles. The van der Waals surface area contributed by atoms with E-state index in [2.05, 4.69) is 25.5 Å². The zero-order valence-electron chi connectivity index (χ0n) is 26.2. The number of piperidine rings is 1. The van der Waals surface area contributed by atoms with Crippen LogP contribution in [0, 0.1) is 11.6 Å². The van der Waals surface area contributed by atoms with E-state index in [0.29, 0.717) is 53.7 Å². The number of nitrogens with zero attached hydrogens (tertiary/aromatic N) is 5. The lowest BCUT2D eigenvalue weighted by Crippen LogP contribution is -2.50. The fourth-order valence-electron chi connectivity index (χ4n) is 7.75. The Balaban J connectivity index is 1.35. The number of ether oxygens (including phenoxy) is 1. The van der Waals surface area contributed by atoms with Gasteiger partial charge in [0.15, 0.2) is 5.82 Å². The van der Waals surface area contributed by atoms with Gasteiger partial charge in [-0.05, 0) is 92.6 Å². The van der Waals surface area contributed by atoms with Crippen LogP contribution in [0.15, 0.2) is 30.5 Å². The minimum absolute atomic E-state index is 0.0320. The van der Waals surface area contributed by atoms with Crippen molar-refractivity contribution in [3.63, 3.8) is 0 Å². The number of pyridine rings is 1. The Morgan fingerprint density at radius 2 is 1.93 bits per heavy atom.